The average molecular weight is 284 g/mol. The number of nitrogens with zero attached hydrogens (tertiary/aromatic N) is 1. The van der Waals surface area contributed by atoms with E-state index in [1.807, 2.05) is 0 Å². The maximum absolute atomic E-state index is 5.41. The fourth-order valence-electron chi connectivity index (χ4n) is 1.11. The largest absolute Gasteiger partial charge is 0.383 e. The first-order chi connectivity index (χ1) is 7.35. The molecule has 92 valence electrons. The normalized spacial score (nSPS) is 11.2. The molecule has 0 fully saturated rings. The molecule has 0 unspecified atom stereocenters. The second-order valence-electron chi connectivity index (χ2n) is 3.13. The monoisotopic (exact) mass is 283 g/mol. The standard InChI is InChI=1S/C10H22BrNO3/c1-13-7-5-12(4-3-11)6-8-15-10-9-14-2/h3-10H2,1-2H3. The Bertz CT molecular complexity index is 127. The first-order valence-corrected chi connectivity index (χ1v) is 6.31. The smallest absolute Gasteiger partial charge is 0.0700 e. The molecule has 0 aliphatic carbocycles. The molecular weight excluding hydrogens is 262 g/mol. The zero-order chi connectivity index (χ0) is 11.4. The van der Waals surface area contributed by atoms with Crippen LogP contribution in [0.25, 0.3) is 0 Å². The number of ether oxygens (including phenoxy) is 3. The average Bonchev–Trinajstić information content (AvgIpc) is 2.25. The lowest BCUT2D eigenvalue weighted by Crippen LogP contribution is -2.32. The molecule has 4 nitrogen and oxygen atoms in total. The van der Waals surface area contributed by atoms with Crippen LogP contribution in [-0.2, 0) is 14.2 Å². The van der Waals surface area contributed by atoms with Crippen molar-refractivity contribution in [3.8, 4) is 0 Å². The fourth-order valence-corrected chi connectivity index (χ4v) is 1.61. The Labute approximate surface area is 101 Å². The zero-order valence-electron chi connectivity index (χ0n) is 9.71. The lowest BCUT2D eigenvalue weighted by molar-refractivity contribution is 0.0535. The Morgan fingerprint density at radius 1 is 0.867 bits per heavy atom. The Kier molecular flexibility index (Phi) is 12.7. The van der Waals surface area contributed by atoms with Crippen LogP contribution in [-0.4, -0.2) is 70.5 Å². The summed E-state index contributed by atoms with van der Waals surface area (Å²) in [5, 5.41) is 0.981. The Morgan fingerprint density at radius 3 is 2.13 bits per heavy atom. The molecule has 0 rings (SSSR count). The molecule has 0 aliphatic heterocycles. The number of alkyl halides is 1. The van der Waals surface area contributed by atoms with Crippen molar-refractivity contribution >= 4 is 15.9 Å². The van der Waals surface area contributed by atoms with Crippen LogP contribution in [0.5, 0.6) is 0 Å². The van der Waals surface area contributed by atoms with E-state index in [-0.39, 0.29) is 0 Å². The van der Waals surface area contributed by atoms with Crippen LogP contribution in [0, 0.1) is 0 Å². The van der Waals surface area contributed by atoms with Gasteiger partial charge in [0.2, 0.25) is 0 Å². The molecule has 5 heteroatoms. The van der Waals surface area contributed by atoms with Crippen LogP contribution in [0.15, 0.2) is 0 Å². The molecule has 0 saturated carbocycles. The van der Waals surface area contributed by atoms with Crippen molar-refractivity contribution in [1.82, 2.24) is 4.90 Å². The minimum Gasteiger partial charge on any atom is -0.383 e. The van der Waals surface area contributed by atoms with Gasteiger partial charge >= 0.3 is 0 Å². The van der Waals surface area contributed by atoms with Gasteiger partial charge in [0.25, 0.3) is 0 Å². The van der Waals surface area contributed by atoms with Gasteiger partial charge in [-0.15, -0.1) is 0 Å². The van der Waals surface area contributed by atoms with Gasteiger partial charge in [-0.25, -0.2) is 0 Å². The molecule has 15 heavy (non-hydrogen) atoms. The quantitative estimate of drug-likeness (QED) is 0.418. The topological polar surface area (TPSA) is 30.9 Å². The number of hydrogen-bond acceptors (Lipinski definition) is 4. The second kappa shape index (κ2) is 12.4. The zero-order valence-corrected chi connectivity index (χ0v) is 11.3. The van der Waals surface area contributed by atoms with Crippen molar-refractivity contribution in [1.29, 1.82) is 0 Å². The van der Waals surface area contributed by atoms with Gasteiger partial charge in [-0.1, -0.05) is 15.9 Å². The summed E-state index contributed by atoms with van der Waals surface area (Å²) in [4.78, 5) is 2.31. The van der Waals surface area contributed by atoms with E-state index < -0.39 is 0 Å². The maximum atomic E-state index is 5.41. The predicted molar refractivity (Wildman–Crippen MR) is 64.8 cm³/mol. The van der Waals surface area contributed by atoms with Gasteiger partial charge in [0.1, 0.15) is 0 Å². The van der Waals surface area contributed by atoms with E-state index in [0.717, 1.165) is 38.2 Å². The molecule has 0 saturated heterocycles. The predicted octanol–water partition coefficient (Wildman–Crippen LogP) is 0.993. The first kappa shape index (κ1) is 15.3. The van der Waals surface area contributed by atoms with E-state index >= 15 is 0 Å². The fraction of sp³-hybridized carbons (Fsp3) is 1.00. The lowest BCUT2D eigenvalue weighted by atomic mass is 10.5. The highest BCUT2D eigenvalue weighted by molar-refractivity contribution is 9.09. The number of methoxy groups -OCH3 is 2. The van der Waals surface area contributed by atoms with Crippen molar-refractivity contribution in [2.75, 3.05) is 65.6 Å². The SMILES string of the molecule is COCCOCCN(CCBr)CCOC. The summed E-state index contributed by atoms with van der Waals surface area (Å²) in [7, 11) is 3.40. The third-order valence-electron chi connectivity index (χ3n) is 2.00. The minimum absolute atomic E-state index is 0.663. The number of hydrogen-bond donors (Lipinski definition) is 0. The van der Waals surface area contributed by atoms with Crippen LogP contribution in [0.3, 0.4) is 0 Å². The van der Waals surface area contributed by atoms with Crippen molar-refractivity contribution in [2.45, 2.75) is 0 Å². The highest BCUT2D eigenvalue weighted by Crippen LogP contribution is 1.92. The van der Waals surface area contributed by atoms with Gasteiger partial charge in [-0.3, -0.25) is 4.90 Å². The molecule has 0 heterocycles. The molecule has 0 amide bonds. The van der Waals surface area contributed by atoms with Crippen LogP contribution < -0.4 is 0 Å². The van der Waals surface area contributed by atoms with Gasteiger partial charge in [-0.2, -0.15) is 0 Å². The van der Waals surface area contributed by atoms with Gasteiger partial charge in [0, 0.05) is 39.2 Å². The molecular formula is C10H22BrNO3. The van der Waals surface area contributed by atoms with E-state index in [1.54, 1.807) is 14.2 Å². The Hall–Kier alpha value is 0.320. The third kappa shape index (κ3) is 10.6. The van der Waals surface area contributed by atoms with Crippen molar-refractivity contribution < 1.29 is 14.2 Å². The number of halogens is 1. The minimum atomic E-state index is 0.663. The van der Waals surface area contributed by atoms with E-state index in [4.69, 9.17) is 14.2 Å². The van der Waals surface area contributed by atoms with Gasteiger partial charge in [0.05, 0.1) is 26.4 Å². The van der Waals surface area contributed by atoms with Crippen molar-refractivity contribution in [3.05, 3.63) is 0 Å². The Balaban J connectivity index is 3.38. The summed E-state index contributed by atoms with van der Waals surface area (Å²) in [5.41, 5.74) is 0. The highest BCUT2D eigenvalue weighted by atomic mass is 79.9. The van der Waals surface area contributed by atoms with Crippen LogP contribution in [0.4, 0.5) is 0 Å². The highest BCUT2D eigenvalue weighted by Gasteiger charge is 2.02. The summed E-state index contributed by atoms with van der Waals surface area (Å²) >= 11 is 3.43. The van der Waals surface area contributed by atoms with Crippen molar-refractivity contribution in [2.24, 2.45) is 0 Å². The summed E-state index contributed by atoms with van der Waals surface area (Å²) in [6.07, 6.45) is 0. The molecule has 0 N–H and O–H groups in total. The molecule has 0 aliphatic rings. The summed E-state index contributed by atoms with van der Waals surface area (Å²) in [6.45, 7) is 5.77. The molecule has 0 radical (unpaired) electrons. The Morgan fingerprint density at radius 2 is 1.53 bits per heavy atom. The van der Waals surface area contributed by atoms with Crippen LogP contribution >= 0.6 is 15.9 Å². The molecule has 0 spiro atoms. The maximum Gasteiger partial charge on any atom is 0.0700 e. The summed E-state index contributed by atoms with van der Waals surface area (Å²) in [6, 6.07) is 0. The third-order valence-corrected chi connectivity index (χ3v) is 2.35. The second-order valence-corrected chi connectivity index (χ2v) is 3.92. The van der Waals surface area contributed by atoms with Gasteiger partial charge in [0.15, 0.2) is 0 Å². The van der Waals surface area contributed by atoms with Gasteiger partial charge in [-0.05, 0) is 0 Å². The summed E-state index contributed by atoms with van der Waals surface area (Å²) < 4.78 is 15.3. The molecule has 0 aromatic rings. The van der Waals surface area contributed by atoms with E-state index in [2.05, 4.69) is 20.8 Å². The van der Waals surface area contributed by atoms with E-state index in [1.165, 1.54) is 0 Å². The lowest BCUT2D eigenvalue weighted by Gasteiger charge is -2.20. The van der Waals surface area contributed by atoms with E-state index in [0.29, 0.717) is 13.2 Å². The summed E-state index contributed by atoms with van der Waals surface area (Å²) in [5.74, 6) is 0. The van der Waals surface area contributed by atoms with Crippen LogP contribution in [0.2, 0.25) is 0 Å². The van der Waals surface area contributed by atoms with Gasteiger partial charge < -0.3 is 14.2 Å². The van der Waals surface area contributed by atoms with Crippen LogP contribution in [0.1, 0.15) is 0 Å². The first-order valence-electron chi connectivity index (χ1n) is 5.19. The van der Waals surface area contributed by atoms with E-state index in [9.17, 15) is 0 Å². The van der Waals surface area contributed by atoms with Crippen molar-refractivity contribution in [3.63, 3.8) is 0 Å². The molecule has 0 atom stereocenters. The number of rotatable bonds is 11. The molecule has 0 aromatic carbocycles. The molecule has 0 bridgehead atoms. The molecule has 0 aromatic heterocycles.